The van der Waals surface area contributed by atoms with Gasteiger partial charge in [-0.1, -0.05) is 6.92 Å². The Labute approximate surface area is 141 Å². The number of aryl methyl sites for hydroxylation is 2. The van der Waals surface area contributed by atoms with Gasteiger partial charge in [-0.05, 0) is 51.0 Å². The fraction of sp³-hybridized carbons (Fsp3) is 0.556. The maximum Gasteiger partial charge on any atom is 0.295 e. The van der Waals surface area contributed by atoms with Gasteiger partial charge in [-0.2, -0.15) is 0 Å². The Kier molecular flexibility index (Phi) is 3.82. The van der Waals surface area contributed by atoms with E-state index in [4.69, 9.17) is 4.42 Å². The fourth-order valence-electron chi connectivity index (χ4n) is 2.82. The van der Waals surface area contributed by atoms with Crippen LogP contribution in [0, 0.1) is 12.8 Å². The van der Waals surface area contributed by atoms with E-state index in [1.807, 2.05) is 6.07 Å². The summed E-state index contributed by atoms with van der Waals surface area (Å²) in [6.45, 7) is 3.85. The number of hydrogen-bond donors (Lipinski definition) is 1. The van der Waals surface area contributed by atoms with Crippen LogP contribution in [-0.2, 0) is 12.8 Å². The third-order valence-electron chi connectivity index (χ3n) is 4.59. The van der Waals surface area contributed by atoms with Crippen molar-refractivity contribution in [2.45, 2.75) is 58.3 Å². The van der Waals surface area contributed by atoms with E-state index in [9.17, 15) is 4.79 Å². The Bertz CT molecular complexity index is 775. The summed E-state index contributed by atoms with van der Waals surface area (Å²) in [7, 11) is 0. The SMILES string of the molecule is CCc1cc(C2CC2)nc(NC(=O)c2oc(CC3CC3)nc2C)n1. The van der Waals surface area contributed by atoms with Crippen molar-refractivity contribution < 1.29 is 9.21 Å². The molecule has 1 N–H and O–H groups in total. The fourth-order valence-corrected chi connectivity index (χ4v) is 2.82. The second-order valence-electron chi connectivity index (χ2n) is 6.86. The van der Waals surface area contributed by atoms with Gasteiger partial charge < -0.3 is 4.42 Å². The van der Waals surface area contributed by atoms with Crippen LogP contribution in [-0.4, -0.2) is 20.9 Å². The second-order valence-corrected chi connectivity index (χ2v) is 6.86. The van der Waals surface area contributed by atoms with Crippen molar-refractivity contribution in [3.8, 4) is 0 Å². The van der Waals surface area contributed by atoms with Gasteiger partial charge >= 0.3 is 0 Å². The Morgan fingerprint density at radius 1 is 1.25 bits per heavy atom. The summed E-state index contributed by atoms with van der Waals surface area (Å²) in [5, 5.41) is 2.78. The van der Waals surface area contributed by atoms with Gasteiger partial charge in [0.2, 0.25) is 11.7 Å². The summed E-state index contributed by atoms with van der Waals surface area (Å²) in [5.41, 5.74) is 2.60. The first kappa shape index (κ1) is 15.3. The van der Waals surface area contributed by atoms with Gasteiger partial charge in [-0.3, -0.25) is 10.1 Å². The number of rotatable bonds is 6. The Balaban J connectivity index is 1.52. The molecule has 1 amide bonds. The summed E-state index contributed by atoms with van der Waals surface area (Å²) >= 11 is 0. The maximum absolute atomic E-state index is 12.5. The lowest BCUT2D eigenvalue weighted by atomic mass is 10.2. The third-order valence-corrected chi connectivity index (χ3v) is 4.59. The second kappa shape index (κ2) is 6.00. The number of aromatic nitrogens is 3. The van der Waals surface area contributed by atoms with Crippen LogP contribution in [0.25, 0.3) is 0 Å². The highest BCUT2D eigenvalue weighted by Crippen LogP contribution is 2.39. The first-order chi connectivity index (χ1) is 11.6. The third kappa shape index (κ3) is 3.32. The molecule has 0 aromatic carbocycles. The molecule has 0 aliphatic heterocycles. The number of hydrogen-bond acceptors (Lipinski definition) is 5. The van der Waals surface area contributed by atoms with Gasteiger partial charge in [0.15, 0.2) is 5.89 Å². The highest BCUT2D eigenvalue weighted by atomic mass is 16.4. The van der Waals surface area contributed by atoms with Gasteiger partial charge in [-0.15, -0.1) is 0 Å². The average Bonchev–Trinajstić information content (AvgIpc) is 3.46. The number of oxazole rings is 1. The van der Waals surface area contributed by atoms with E-state index < -0.39 is 0 Å². The maximum atomic E-state index is 12.5. The summed E-state index contributed by atoms with van der Waals surface area (Å²) in [6, 6.07) is 2.04. The minimum absolute atomic E-state index is 0.268. The largest absolute Gasteiger partial charge is 0.435 e. The lowest BCUT2D eigenvalue weighted by Gasteiger charge is -2.07. The molecule has 0 bridgehead atoms. The zero-order valence-electron chi connectivity index (χ0n) is 14.1. The first-order valence-corrected chi connectivity index (χ1v) is 8.78. The molecule has 2 aliphatic carbocycles. The Morgan fingerprint density at radius 3 is 2.71 bits per heavy atom. The average molecular weight is 326 g/mol. The number of amides is 1. The molecule has 6 heteroatoms. The molecule has 2 aromatic heterocycles. The van der Waals surface area contributed by atoms with Gasteiger partial charge in [0, 0.05) is 23.7 Å². The van der Waals surface area contributed by atoms with Crippen molar-refractivity contribution in [2.24, 2.45) is 5.92 Å². The molecule has 4 rings (SSSR count). The molecule has 0 atom stereocenters. The molecule has 126 valence electrons. The Morgan fingerprint density at radius 2 is 2.04 bits per heavy atom. The monoisotopic (exact) mass is 326 g/mol. The van der Waals surface area contributed by atoms with Crippen molar-refractivity contribution in [1.82, 2.24) is 15.0 Å². The zero-order chi connectivity index (χ0) is 16.7. The lowest BCUT2D eigenvalue weighted by molar-refractivity contribution is 0.0993. The minimum Gasteiger partial charge on any atom is -0.435 e. The van der Waals surface area contributed by atoms with Crippen LogP contribution in [0.3, 0.4) is 0 Å². The molecule has 6 nitrogen and oxygen atoms in total. The van der Waals surface area contributed by atoms with E-state index in [0.717, 1.165) is 24.2 Å². The molecule has 2 heterocycles. The van der Waals surface area contributed by atoms with Crippen molar-refractivity contribution in [3.05, 3.63) is 34.8 Å². The number of carbonyl (C=O) groups excluding carboxylic acids is 1. The number of carbonyl (C=O) groups is 1. The summed E-state index contributed by atoms with van der Waals surface area (Å²) in [6.07, 6.45) is 6.42. The Hall–Kier alpha value is -2.24. The van der Waals surface area contributed by atoms with Crippen LogP contribution < -0.4 is 5.32 Å². The lowest BCUT2D eigenvalue weighted by Crippen LogP contribution is -2.16. The number of anilines is 1. The summed E-state index contributed by atoms with van der Waals surface area (Å²) in [5.74, 6) is 2.15. The van der Waals surface area contributed by atoms with Crippen molar-refractivity contribution in [1.29, 1.82) is 0 Å². The van der Waals surface area contributed by atoms with Gasteiger partial charge in [0.05, 0.1) is 5.69 Å². The predicted molar refractivity (Wildman–Crippen MR) is 89.0 cm³/mol. The topological polar surface area (TPSA) is 80.9 Å². The first-order valence-electron chi connectivity index (χ1n) is 8.78. The van der Waals surface area contributed by atoms with Crippen LogP contribution in [0.1, 0.15) is 72.1 Å². The van der Waals surface area contributed by atoms with E-state index in [2.05, 4.69) is 27.2 Å². The smallest absolute Gasteiger partial charge is 0.295 e. The molecular formula is C18H22N4O2. The van der Waals surface area contributed by atoms with Gasteiger partial charge in [-0.25, -0.2) is 15.0 Å². The van der Waals surface area contributed by atoms with E-state index in [1.54, 1.807) is 6.92 Å². The van der Waals surface area contributed by atoms with Crippen LogP contribution in [0.4, 0.5) is 5.95 Å². The standard InChI is InChI=1S/C18H22N4O2/c1-3-13-9-14(12-6-7-12)21-18(20-13)22-17(23)16-10(2)19-15(24-16)8-11-4-5-11/h9,11-12H,3-8H2,1-2H3,(H,20,21,22,23). The molecule has 0 radical (unpaired) electrons. The van der Waals surface area contributed by atoms with E-state index in [0.29, 0.717) is 29.4 Å². The van der Waals surface area contributed by atoms with Crippen LogP contribution in [0.15, 0.2) is 10.5 Å². The normalized spacial score (nSPS) is 17.1. The van der Waals surface area contributed by atoms with Crippen molar-refractivity contribution in [3.63, 3.8) is 0 Å². The van der Waals surface area contributed by atoms with Crippen LogP contribution in [0.2, 0.25) is 0 Å². The van der Waals surface area contributed by atoms with Crippen molar-refractivity contribution >= 4 is 11.9 Å². The summed E-state index contributed by atoms with van der Waals surface area (Å²) in [4.78, 5) is 25.8. The molecule has 2 aromatic rings. The highest BCUT2D eigenvalue weighted by Gasteiger charge is 2.28. The van der Waals surface area contributed by atoms with E-state index >= 15 is 0 Å². The highest BCUT2D eigenvalue weighted by molar-refractivity contribution is 6.01. The van der Waals surface area contributed by atoms with Crippen LogP contribution in [0.5, 0.6) is 0 Å². The van der Waals surface area contributed by atoms with Gasteiger partial charge in [0.25, 0.3) is 5.91 Å². The van der Waals surface area contributed by atoms with Crippen molar-refractivity contribution in [2.75, 3.05) is 5.32 Å². The molecule has 0 unspecified atom stereocenters. The quantitative estimate of drug-likeness (QED) is 0.879. The molecule has 0 spiro atoms. The molecule has 24 heavy (non-hydrogen) atoms. The minimum atomic E-state index is -0.322. The molecule has 2 fully saturated rings. The molecular weight excluding hydrogens is 304 g/mol. The number of nitrogens with zero attached hydrogens (tertiary/aromatic N) is 3. The molecule has 2 aliphatic rings. The van der Waals surface area contributed by atoms with Crippen LogP contribution >= 0.6 is 0 Å². The zero-order valence-corrected chi connectivity index (χ0v) is 14.1. The predicted octanol–water partition coefficient (Wildman–Crippen LogP) is 3.42. The van der Waals surface area contributed by atoms with Gasteiger partial charge in [0.1, 0.15) is 0 Å². The van der Waals surface area contributed by atoms with E-state index in [-0.39, 0.29) is 11.7 Å². The van der Waals surface area contributed by atoms with E-state index in [1.165, 1.54) is 25.7 Å². The number of nitrogens with one attached hydrogen (secondary N) is 1. The molecule has 2 saturated carbocycles. The summed E-state index contributed by atoms with van der Waals surface area (Å²) < 4.78 is 5.67. The molecule has 0 saturated heterocycles.